The van der Waals surface area contributed by atoms with E-state index in [-0.39, 0.29) is 0 Å². The molecule has 1 fully saturated rings. The number of nitrogens with zero attached hydrogens (tertiary/aromatic N) is 3. The van der Waals surface area contributed by atoms with Crippen LogP contribution in [0.4, 0.5) is 5.82 Å². The highest BCUT2D eigenvalue weighted by Gasteiger charge is 2.20. The Morgan fingerprint density at radius 2 is 2.36 bits per heavy atom. The molecule has 6 nitrogen and oxygen atoms in total. The average Bonchev–Trinajstić information content (AvgIpc) is 3.09. The van der Waals surface area contributed by atoms with Gasteiger partial charge >= 0.3 is 0 Å². The first-order chi connectivity index (χ1) is 10.8. The van der Waals surface area contributed by atoms with Gasteiger partial charge < -0.3 is 14.8 Å². The van der Waals surface area contributed by atoms with Gasteiger partial charge in [0.15, 0.2) is 5.82 Å². The number of hydrogen-bond acceptors (Lipinski definition) is 6. The maximum Gasteiger partial charge on any atom is 0.156 e. The number of nitrogens with one attached hydrogen (secondary N) is 1. The van der Waals surface area contributed by atoms with Crippen molar-refractivity contribution in [1.29, 1.82) is 0 Å². The van der Waals surface area contributed by atoms with Crippen LogP contribution < -0.4 is 5.32 Å². The van der Waals surface area contributed by atoms with E-state index < -0.39 is 0 Å². The van der Waals surface area contributed by atoms with Gasteiger partial charge in [0.1, 0.15) is 12.4 Å². The number of aromatic nitrogens is 3. The van der Waals surface area contributed by atoms with E-state index in [9.17, 15) is 0 Å². The summed E-state index contributed by atoms with van der Waals surface area (Å²) in [5.74, 6) is 1.85. The Hall–Kier alpha value is -2.05. The number of ether oxygens (including phenoxy) is 2. The van der Waals surface area contributed by atoms with Crippen molar-refractivity contribution < 1.29 is 9.47 Å². The van der Waals surface area contributed by atoms with Crippen LogP contribution in [0.3, 0.4) is 0 Å². The highest BCUT2D eigenvalue weighted by Crippen LogP contribution is 2.25. The molecule has 1 saturated heterocycles. The van der Waals surface area contributed by atoms with Crippen LogP contribution in [0.5, 0.6) is 0 Å². The normalized spacial score (nSPS) is 17.6. The zero-order chi connectivity index (χ0) is 15.2. The number of rotatable bonds is 6. The van der Waals surface area contributed by atoms with Gasteiger partial charge in [-0.25, -0.2) is 9.97 Å². The Labute approximate surface area is 129 Å². The molecule has 116 valence electrons. The van der Waals surface area contributed by atoms with Crippen molar-refractivity contribution in [2.24, 2.45) is 0 Å². The molecule has 0 spiro atoms. The quantitative estimate of drug-likeness (QED) is 0.881. The van der Waals surface area contributed by atoms with Crippen LogP contribution in [-0.4, -0.2) is 35.3 Å². The number of anilines is 1. The van der Waals surface area contributed by atoms with E-state index in [2.05, 4.69) is 20.3 Å². The van der Waals surface area contributed by atoms with E-state index in [1.54, 1.807) is 13.3 Å². The fourth-order valence-corrected chi connectivity index (χ4v) is 2.47. The summed E-state index contributed by atoms with van der Waals surface area (Å²) in [7, 11) is 1.65. The van der Waals surface area contributed by atoms with E-state index in [1.807, 2.05) is 24.4 Å². The predicted octanol–water partition coefficient (Wildman–Crippen LogP) is 2.13. The van der Waals surface area contributed by atoms with Crippen molar-refractivity contribution in [1.82, 2.24) is 15.0 Å². The molecule has 0 bridgehead atoms. The molecule has 0 aromatic carbocycles. The second-order valence-corrected chi connectivity index (χ2v) is 5.30. The summed E-state index contributed by atoms with van der Waals surface area (Å²) >= 11 is 0. The van der Waals surface area contributed by atoms with Crippen molar-refractivity contribution >= 4 is 5.82 Å². The first-order valence-corrected chi connectivity index (χ1v) is 7.42. The number of pyridine rings is 1. The highest BCUT2D eigenvalue weighted by atomic mass is 16.5. The van der Waals surface area contributed by atoms with Crippen molar-refractivity contribution in [3.8, 4) is 0 Å². The molecule has 1 aliphatic heterocycles. The van der Waals surface area contributed by atoms with Crippen LogP contribution in [0.2, 0.25) is 0 Å². The molecule has 0 radical (unpaired) electrons. The Kier molecular flexibility index (Phi) is 4.92. The molecule has 2 aromatic rings. The van der Waals surface area contributed by atoms with Gasteiger partial charge in [0, 0.05) is 44.6 Å². The third-order valence-electron chi connectivity index (χ3n) is 3.61. The molecule has 3 rings (SSSR count). The van der Waals surface area contributed by atoms with Gasteiger partial charge in [0.2, 0.25) is 0 Å². The number of hydrogen-bond donors (Lipinski definition) is 1. The lowest BCUT2D eigenvalue weighted by atomic mass is 10.0. The molecular weight excluding hydrogens is 280 g/mol. The van der Waals surface area contributed by atoms with Gasteiger partial charge in [-0.3, -0.25) is 4.98 Å². The molecule has 0 saturated carbocycles. The second-order valence-electron chi connectivity index (χ2n) is 5.30. The van der Waals surface area contributed by atoms with Gasteiger partial charge in [0.05, 0.1) is 12.3 Å². The van der Waals surface area contributed by atoms with Crippen LogP contribution in [0, 0.1) is 0 Å². The third-order valence-corrected chi connectivity index (χ3v) is 3.61. The van der Waals surface area contributed by atoms with Crippen LogP contribution in [-0.2, 0) is 22.6 Å². The first-order valence-electron chi connectivity index (χ1n) is 7.42. The van der Waals surface area contributed by atoms with Gasteiger partial charge in [-0.05, 0) is 18.1 Å². The largest absolute Gasteiger partial charge is 0.381 e. The van der Waals surface area contributed by atoms with E-state index in [4.69, 9.17) is 9.47 Å². The zero-order valence-corrected chi connectivity index (χ0v) is 12.7. The predicted molar refractivity (Wildman–Crippen MR) is 82.5 cm³/mol. The molecule has 1 N–H and O–H groups in total. The van der Waals surface area contributed by atoms with E-state index in [0.29, 0.717) is 24.9 Å². The molecule has 6 heteroatoms. The SMILES string of the molecule is COCc1nc(NCc2cccnc2)cc([C@H]2CCOC2)n1. The third kappa shape index (κ3) is 3.78. The van der Waals surface area contributed by atoms with Gasteiger partial charge in [-0.15, -0.1) is 0 Å². The first kappa shape index (κ1) is 14.9. The molecule has 22 heavy (non-hydrogen) atoms. The zero-order valence-electron chi connectivity index (χ0n) is 12.7. The van der Waals surface area contributed by atoms with Crippen LogP contribution >= 0.6 is 0 Å². The molecule has 0 amide bonds. The fourth-order valence-electron chi connectivity index (χ4n) is 2.47. The topological polar surface area (TPSA) is 69.2 Å². The molecule has 1 atom stereocenters. The number of methoxy groups -OCH3 is 1. The molecule has 0 aliphatic carbocycles. The lowest BCUT2D eigenvalue weighted by Gasteiger charge is -2.12. The van der Waals surface area contributed by atoms with Gasteiger partial charge in [-0.2, -0.15) is 0 Å². The molecular formula is C16H20N4O2. The minimum atomic E-state index is 0.345. The summed E-state index contributed by atoms with van der Waals surface area (Å²) in [5, 5.41) is 3.34. The highest BCUT2D eigenvalue weighted by molar-refractivity contribution is 5.38. The van der Waals surface area contributed by atoms with Crippen LogP contribution in [0.25, 0.3) is 0 Å². The van der Waals surface area contributed by atoms with Gasteiger partial charge in [0.25, 0.3) is 0 Å². The van der Waals surface area contributed by atoms with Crippen molar-refractivity contribution in [3.05, 3.63) is 47.7 Å². The maximum atomic E-state index is 5.46. The monoisotopic (exact) mass is 300 g/mol. The Balaban J connectivity index is 1.76. The Morgan fingerprint density at radius 1 is 1.41 bits per heavy atom. The lowest BCUT2D eigenvalue weighted by molar-refractivity contribution is 0.177. The molecule has 0 unspecified atom stereocenters. The van der Waals surface area contributed by atoms with Crippen LogP contribution in [0.15, 0.2) is 30.6 Å². The fraction of sp³-hybridized carbons (Fsp3) is 0.438. The van der Waals surface area contributed by atoms with E-state index >= 15 is 0 Å². The summed E-state index contributed by atoms with van der Waals surface area (Å²) in [5.41, 5.74) is 2.13. The maximum absolute atomic E-state index is 5.46. The summed E-state index contributed by atoms with van der Waals surface area (Å²) in [6.07, 6.45) is 4.62. The second kappa shape index (κ2) is 7.29. The van der Waals surface area contributed by atoms with Crippen molar-refractivity contribution in [2.45, 2.75) is 25.5 Å². The minimum Gasteiger partial charge on any atom is -0.381 e. The minimum absolute atomic E-state index is 0.345. The lowest BCUT2D eigenvalue weighted by Crippen LogP contribution is -2.10. The van der Waals surface area contributed by atoms with E-state index in [0.717, 1.165) is 36.7 Å². The summed E-state index contributed by atoms with van der Waals surface area (Å²) in [6, 6.07) is 5.96. The smallest absolute Gasteiger partial charge is 0.156 e. The summed E-state index contributed by atoms with van der Waals surface area (Å²) in [4.78, 5) is 13.2. The summed E-state index contributed by atoms with van der Waals surface area (Å²) in [6.45, 7) is 2.61. The Morgan fingerprint density at radius 3 is 3.09 bits per heavy atom. The van der Waals surface area contributed by atoms with Crippen molar-refractivity contribution in [3.63, 3.8) is 0 Å². The van der Waals surface area contributed by atoms with Crippen LogP contribution in [0.1, 0.15) is 29.4 Å². The average molecular weight is 300 g/mol. The van der Waals surface area contributed by atoms with Gasteiger partial charge in [-0.1, -0.05) is 6.07 Å². The molecule has 1 aliphatic rings. The standard InChI is InChI=1S/C16H20N4O2/c1-21-11-16-19-14(13-4-6-22-10-13)7-15(20-16)18-9-12-3-2-5-17-8-12/h2-3,5,7-8,13H,4,6,9-11H2,1H3,(H,18,19,20)/t13-/m0/s1. The Bertz CT molecular complexity index is 600. The molecule has 2 aromatic heterocycles. The van der Waals surface area contributed by atoms with Crippen molar-refractivity contribution in [2.75, 3.05) is 25.6 Å². The molecule has 3 heterocycles. The van der Waals surface area contributed by atoms with E-state index in [1.165, 1.54) is 0 Å². The summed E-state index contributed by atoms with van der Waals surface area (Å²) < 4.78 is 10.6.